The molecule has 1 aliphatic rings. The summed E-state index contributed by atoms with van der Waals surface area (Å²) in [6.45, 7) is 5.17. The van der Waals surface area contributed by atoms with Crippen LogP contribution in [0.25, 0.3) is 0 Å². The van der Waals surface area contributed by atoms with Gasteiger partial charge in [-0.3, -0.25) is 4.90 Å². The Morgan fingerprint density at radius 3 is 2.71 bits per heavy atom. The van der Waals surface area contributed by atoms with E-state index in [-0.39, 0.29) is 6.61 Å². The molecule has 6 heteroatoms. The SMILES string of the molecule is NCc1ccnnc1N1CCN(CCO)CC1. The van der Waals surface area contributed by atoms with Crippen LogP contribution in [-0.2, 0) is 6.54 Å². The number of anilines is 1. The zero-order valence-corrected chi connectivity index (χ0v) is 9.92. The van der Waals surface area contributed by atoms with Gasteiger partial charge in [-0.15, -0.1) is 5.10 Å². The highest BCUT2D eigenvalue weighted by atomic mass is 16.3. The predicted octanol–water partition coefficient (Wildman–Crippen LogP) is -0.950. The lowest BCUT2D eigenvalue weighted by molar-refractivity contribution is 0.188. The van der Waals surface area contributed by atoms with Crippen molar-refractivity contribution in [1.29, 1.82) is 0 Å². The molecule has 94 valence electrons. The van der Waals surface area contributed by atoms with Crippen LogP contribution in [0.1, 0.15) is 5.56 Å². The number of nitrogens with zero attached hydrogens (tertiary/aromatic N) is 4. The van der Waals surface area contributed by atoms with E-state index in [0.29, 0.717) is 6.54 Å². The molecule has 0 bridgehead atoms. The average molecular weight is 237 g/mol. The zero-order chi connectivity index (χ0) is 12.1. The van der Waals surface area contributed by atoms with E-state index in [2.05, 4.69) is 20.0 Å². The number of nitrogens with two attached hydrogens (primary N) is 1. The van der Waals surface area contributed by atoms with Gasteiger partial charge in [0.25, 0.3) is 0 Å². The molecule has 0 saturated carbocycles. The molecule has 0 spiro atoms. The van der Waals surface area contributed by atoms with Crippen molar-refractivity contribution in [3.63, 3.8) is 0 Å². The van der Waals surface area contributed by atoms with Crippen LogP contribution in [0.3, 0.4) is 0 Å². The van der Waals surface area contributed by atoms with Crippen molar-refractivity contribution in [2.45, 2.75) is 6.54 Å². The molecule has 1 aromatic heterocycles. The van der Waals surface area contributed by atoms with E-state index in [0.717, 1.165) is 44.1 Å². The fraction of sp³-hybridized carbons (Fsp3) is 0.636. The van der Waals surface area contributed by atoms with Gasteiger partial charge in [0.05, 0.1) is 12.8 Å². The van der Waals surface area contributed by atoms with Gasteiger partial charge in [-0.25, -0.2) is 0 Å². The Hall–Kier alpha value is -1.24. The minimum atomic E-state index is 0.221. The quantitative estimate of drug-likeness (QED) is 0.703. The van der Waals surface area contributed by atoms with Gasteiger partial charge in [-0.05, 0) is 6.07 Å². The van der Waals surface area contributed by atoms with E-state index >= 15 is 0 Å². The first-order chi connectivity index (χ1) is 8.35. The summed E-state index contributed by atoms with van der Waals surface area (Å²) in [5.74, 6) is 0.902. The maximum Gasteiger partial charge on any atom is 0.155 e. The standard InChI is InChI=1S/C11H19N5O/c12-9-10-1-2-13-14-11(10)16-5-3-15(4-6-16)7-8-17/h1-2,17H,3-9,12H2. The van der Waals surface area contributed by atoms with E-state index < -0.39 is 0 Å². The van der Waals surface area contributed by atoms with Crippen LogP contribution in [0.5, 0.6) is 0 Å². The fourth-order valence-electron chi connectivity index (χ4n) is 2.10. The summed E-state index contributed by atoms with van der Waals surface area (Å²) >= 11 is 0. The molecule has 0 aliphatic carbocycles. The molecule has 6 nitrogen and oxygen atoms in total. The van der Waals surface area contributed by atoms with Crippen LogP contribution in [-0.4, -0.2) is 59.5 Å². The number of rotatable bonds is 4. The molecule has 0 unspecified atom stereocenters. The summed E-state index contributed by atoms with van der Waals surface area (Å²) < 4.78 is 0. The Bertz CT molecular complexity index is 351. The minimum absolute atomic E-state index is 0.221. The Balaban J connectivity index is 2.00. The highest BCUT2D eigenvalue weighted by Crippen LogP contribution is 2.17. The van der Waals surface area contributed by atoms with Crippen LogP contribution >= 0.6 is 0 Å². The molecule has 1 aromatic rings. The lowest BCUT2D eigenvalue weighted by Gasteiger charge is -2.35. The van der Waals surface area contributed by atoms with Crippen molar-refractivity contribution in [3.8, 4) is 0 Å². The van der Waals surface area contributed by atoms with Gasteiger partial charge in [0.15, 0.2) is 5.82 Å². The third kappa shape index (κ3) is 2.91. The van der Waals surface area contributed by atoms with Gasteiger partial charge in [-0.2, -0.15) is 5.10 Å². The van der Waals surface area contributed by atoms with Crippen LogP contribution in [0.15, 0.2) is 12.3 Å². The Morgan fingerprint density at radius 1 is 1.29 bits per heavy atom. The first-order valence-corrected chi connectivity index (χ1v) is 5.94. The van der Waals surface area contributed by atoms with Gasteiger partial charge >= 0.3 is 0 Å². The monoisotopic (exact) mass is 237 g/mol. The molecule has 2 rings (SSSR count). The van der Waals surface area contributed by atoms with Crippen LogP contribution < -0.4 is 10.6 Å². The van der Waals surface area contributed by atoms with Crippen molar-refractivity contribution in [3.05, 3.63) is 17.8 Å². The van der Waals surface area contributed by atoms with Gasteiger partial charge < -0.3 is 15.7 Å². The van der Waals surface area contributed by atoms with Crippen molar-refractivity contribution < 1.29 is 5.11 Å². The van der Waals surface area contributed by atoms with E-state index in [1.54, 1.807) is 6.20 Å². The summed E-state index contributed by atoms with van der Waals surface area (Å²) in [5.41, 5.74) is 6.73. The molecule has 3 N–H and O–H groups in total. The average Bonchev–Trinajstić information content (AvgIpc) is 2.40. The molecular formula is C11H19N5O. The van der Waals surface area contributed by atoms with Crippen molar-refractivity contribution in [2.75, 3.05) is 44.2 Å². The zero-order valence-electron chi connectivity index (χ0n) is 9.92. The number of piperazine rings is 1. The molecule has 1 fully saturated rings. The summed E-state index contributed by atoms with van der Waals surface area (Å²) in [7, 11) is 0. The first-order valence-electron chi connectivity index (χ1n) is 5.94. The van der Waals surface area contributed by atoms with Gasteiger partial charge in [0.1, 0.15) is 0 Å². The number of aliphatic hydroxyl groups is 1. The lowest BCUT2D eigenvalue weighted by atomic mass is 10.2. The maximum absolute atomic E-state index is 8.89. The topological polar surface area (TPSA) is 78.5 Å². The number of β-amino-alcohol motifs (C(OH)–C–C–N with tert-alkyl or cyclic N) is 1. The second-order valence-corrected chi connectivity index (χ2v) is 4.14. The van der Waals surface area contributed by atoms with E-state index in [1.807, 2.05) is 6.07 Å². The Kier molecular flexibility index (Phi) is 4.24. The van der Waals surface area contributed by atoms with Crippen LogP contribution in [0.4, 0.5) is 5.82 Å². The number of hydrogen-bond acceptors (Lipinski definition) is 6. The minimum Gasteiger partial charge on any atom is -0.395 e. The molecule has 0 amide bonds. The molecule has 0 aromatic carbocycles. The number of aliphatic hydroxyl groups excluding tert-OH is 1. The molecular weight excluding hydrogens is 218 g/mol. The molecule has 17 heavy (non-hydrogen) atoms. The molecule has 0 radical (unpaired) electrons. The normalized spacial score (nSPS) is 17.4. The first kappa shape index (κ1) is 12.2. The van der Waals surface area contributed by atoms with Gasteiger partial charge in [0.2, 0.25) is 0 Å². The largest absolute Gasteiger partial charge is 0.395 e. The second-order valence-electron chi connectivity index (χ2n) is 4.14. The molecule has 2 heterocycles. The van der Waals surface area contributed by atoms with E-state index in [9.17, 15) is 0 Å². The van der Waals surface area contributed by atoms with Crippen molar-refractivity contribution in [2.24, 2.45) is 5.73 Å². The lowest BCUT2D eigenvalue weighted by Crippen LogP contribution is -2.47. The van der Waals surface area contributed by atoms with Gasteiger partial charge in [0, 0.05) is 44.8 Å². The highest BCUT2D eigenvalue weighted by Gasteiger charge is 2.19. The summed E-state index contributed by atoms with van der Waals surface area (Å²) in [4.78, 5) is 4.46. The number of hydrogen-bond donors (Lipinski definition) is 2. The summed E-state index contributed by atoms with van der Waals surface area (Å²) in [6, 6.07) is 1.92. The van der Waals surface area contributed by atoms with Crippen LogP contribution in [0, 0.1) is 0 Å². The van der Waals surface area contributed by atoms with Gasteiger partial charge in [-0.1, -0.05) is 0 Å². The van der Waals surface area contributed by atoms with Crippen molar-refractivity contribution in [1.82, 2.24) is 15.1 Å². The highest BCUT2D eigenvalue weighted by molar-refractivity contribution is 5.45. The van der Waals surface area contributed by atoms with E-state index in [4.69, 9.17) is 10.8 Å². The summed E-state index contributed by atoms with van der Waals surface area (Å²) in [6.07, 6.45) is 1.67. The molecule has 0 atom stereocenters. The fourth-order valence-corrected chi connectivity index (χ4v) is 2.10. The maximum atomic E-state index is 8.89. The predicted molar refractivity (Wildman–Crippen MR) is 65.7 cm³/mol. The Labute approximate surface area is 101 Å². The molecule has 1 saturated heterocycles. The smallest absolute Gasteiger partial charge is 0.155 e. The third-order valence-corrected chi connectivity index (χ3v) is 3.09. The Morgan fingerprint density at radius 2 is 2.06 bits per heavy atom. The third-order valence-electron chi connectivity index (χ3n) is 3.09. The van der Waals surface area contributed by atoms with Crippen LogP contribution in [0.2, 0.25) is 0 Å². The summed E-state index contributed by atoms with van der Waals surface area (Å²) in [5, 5.41) is 17.0. The van der Waals surface area contributed by atoms with Crippen molar-refractivity contribution >= 4 is 5.82 Å². The number of aromatic nitrogens is 2. The second kappa shape index (κ2) is 5.90. The molecule has 1 aliphatic heterocycles. The van der Waals surface area contributed by atoms with E-state index in [1.165, 1.54) is 0 Å².